The highest BCUT2D eigenvalue weighted by Crippen LogP contribution is 2.57. The average molecular weight is 431 g/mol. The van der Waals surface area contributed by atoms with Crippen molar-refractivity contribution in [2.75, 3.05) is 4.90 Å². The van der Waals surface area contributed by atoms with Gasteiger partial charge in [-0.1, -0.05) is 0 Å². The monoisotopic (exact) mass is 431 g/mol. The van der Waals surface area contributed by atoms with Gasteiger partial charge in [0, 0.05) is 6.04 Å². The molecule has 2 aromatic rings. The number of hydrogen-bond donors (Lipinski definition) is 1. The lowest BCUT2D eigenvalue weighted by molar-refractivity contribution is 0.0429. The molecule has 0 bridgehead atoms. The number of amides is 2. The molecule has 0 saturated heterocycles. The number of aliphatic hydroxyl groups is 1. The van der Waals surface area contributed by atoms with Gasteiger partial charge < -0.3 is 19.1 Å². The molecule has 1 N–H and O–H groups in total. The topological polar surface area (TPSA) is 120 Å². The van der Waals surface area contributed by atoms with Gasteiger partial charge in [-0.2, -0.15) is 4.90 Å². The van der Waals surface area contributed by atoms with Crippen molar-refractivity contribution in [3.63, 3.8) is 0 Å². The van der Waals surface area contributed by atoms with Crippen LogP contribution in [0.4, 0.5) is 15.4 Å². The molecule has 4 atom stereocenters. The fourth-order valence-electron chi connectivity index (χ4n) is 4.15. The molecule has 0 unspecified atom stereocenters. The molecule has 0 aliphatic heterocycles. The van der Waals surface area contributed by atoms with Gasteiger partial charge in [0.2, 0.25) is 0 Å². The second kappa shape index (κ2) is 7.15. The van der Waals surface area contributed by atoms with E-state index in [1.54, 1.807) is 47.9 Å². The van der Waals surface area contributed by atoms with E-state index in [4.69, 9.17) is 9.47 Å². The van der Waals surface area contributed by atoms with Crippen LogP contribution in [-0.2, 0) is 9.47 Å². The minimum atomic E-state index is -0.908. The maximum absolute atomic E-state index is 13.0. The largest absolute Gasteiger partial charge is 0.443 e. The Morgan fingerprint density at radius 2 is 1.61 bits per heavy atom. The van der Waals surface area contributed by atoms with Gasteiger partial charge in [-0.25, -0.2) is 24.5 Å². The zero-order valence-electron chi connectivity index (χ0n) is 18.7. The third kappa shape index (κ3) is 4.21. The molecule has 2 aromatic heterocycles. The van der Waals surface area contributed by atoms with Crippen LogP contribution in [0.25, 0.3) is 11.2 Å². The van der Waals surface area contributed by atoms with E-state index in [1.807, 2.05) is 4.57 Å². The smallest absolute Gasteiger partial charge is 0.425 e. The first kappa shape index (κ1) is 21.5. The van der Waals surface area contributed by atoms with Crippen LogP contribution in [0.2, 0.25) is 0 Å². The first-order valence-electron chi connectivity index (χ1n) is 10.5. The summed E-state index contributed by atoms with van der Waals surface area (Å²) in [7, 11) is 0. The number of aromatic nitrogens is 4. The Labute approximate surface area is 180 Å². The molecule has 10 nitrogen and oxygen atoms in total. The van der Waals surface area contributed by atoms with Crippen molar-refractivity contribution in [3.8, 4) is 0 Å². The van der Waals surface area contributed by atoms with Gasteiger partial charge in [-0.3, -0.25) is 0 Å². The molecule has 2 aliphatic carbocycles. The maximum Gasteiger partial charge on any atom is 0.425 e. The van der Waals surface area contributed by atoms with E-state index in [1.165, 1.54) is 6.33 Å². The Morgan fingerprint density at radius 3 is 2.10 bits per heavy atom. The number of nitrogens with zero attached hydrogens (tertiary/aromatic N) is 5. The van der Waals surface area contributed by atoms with Crippen molar-refractivity contribution in [3.05, 3.63) is 12.7 Å². The quantitative estimate of drug-likeness (QED) is 0.768. The maximum atomic E-state index is 13.0. The molecule has 0 aromatic carbocycles. The number of carbonyl (C=O) groups excluding carboxylic acids is 2. The summed E-state index contributed by atoms with van der Waals surface area (Å²) in [5, 5.41) is 10.2. The SMILES string of the molecule is CC(C)(C)OC(=O)N(C(=O)OC(C)(C)C)c1ncnc2c1ncn2[C@@H]1C[C@H](O)[C@H]2C[C@H]21. The summed E-state index contributed by atoms with van der Waals surface area (Å²) in [6.07, 6.45) is 2.38. The van der Waals surface area contributed by atoms with E-state index < -0.39 is 23.4 Å². The molecule has 2 heterocycles. The van der Waals surface area contributed by atoms with Crippen LogP contribution in [0.15, 0.2) is 12.7 Å². The number of anilines is 1. The van der Waals surface area contributed by atoms with E-state index in [-0.39, 0.29) is 23.5 Å². The van der Waals surface area contributed by atoms with Gasteiger partial charge in [-0.05, 0) is 66.2 Å². The number of hydrogen-bond acceptors (Lipinski definition) is 8. The summed E-state index contributed by atoms with van der Waals surface area (Å²) in [4.78, 5) is 39.7. The Balaban J connectivity index is 1.75. The van der Waals surface area contributed by atoms with Crippen LogP contribution in [0.3, 0.4) is 0 Å². The molecular formula is C21H29N5O5. The molecule has 0 radical (unpaired) electrons. The summed E-state index contributed by atoms with van der Waals surface area (Å²) in [6, 6.07) is 0.0734. The van der Waals surface area contributed by atoms with Crippen molar-refractivity contribution in [2.45, 2.75) is 77.7 Å². The van der Waals surface area contributed by atoms with Crippen molar-refractivity contribution < 1.29 is 24.2 Å². The van der Waals surface area contributed by atoms with Gasteiger partial charge in [0.1, 0.15) is 17.5 Å². The molecule has 4 rings (SSSR count). The third-order valence-corrected chi connectivity index (χ3v) is 5.42. The van der Waals surface area contributed by atoms with Crippen LogP contribution in [-0.4, -0.2) is 54.1 Å². The Morgan fingerprint density at radius 1 is 1.00 bits per heavy atom. The van der Waals surface area contributed by atoms with Crippen LogP contribution in [0.1, 0.15) is 60.4 Å². The van der Waals surface area contributed by atoms with E-state index in [0.717, 1.165) is 11.3 Å². The molecule has 0 spiro atoms. The van der Waals surface area contributed by atoms with Gasteiger partial charge in [0.05, 0.1) is 12.4 Å². The van der Waals surface area contributed by atoms with Crippen LogP contribution in [0.5, 0.6) is 0 Å². The number of imidazole rings is 1. The summed E-state index contributed by atoms with van der Waals surface area (Å²) in [5.74, 6) is 0.709. The lowest BCUT2D eigenvalue weighted by Gasteiger charge is -2.28. The first-order valence-corrected chi connectivity index (χ1v) is 10.5. The minimum Gasteiger partial charge on any atom is -0.443 e. The van der Waals surface area contributed by atoms with Crippen molar-refractivity contribution in [1.82, 2.24) is 19.5 Å². The molecule has 2 amide bonds. The summed E-state index contributed by atoms with van der Waals surface area (Å²) >= 11 is 0. The summed E-state index contributed by atoms with van der Waals surface area (Å²) < 4.78 is 12.8. The number of carbonyl (C=O) groups is 2. The average Bonchev–Trinajstić information content (AvgIpc) is 3.18. The van der Waals surface area contributed by atoms with E-state index >= 15 is 0 Å². The number of ether oxygens (including phenoxy) is 2. The van der Waals surface area contributed by atoms with E-state index in [2.05, 4.69) is 15.0 Å². The summed E-state index contributed by atoms with van der Waals surface area (Å²) in [5.41, 5.74) is -0.877. The zero-order chi connectivity index (χ0) is 22.7. The number of rotatable bonds is 2. The number of fused-ring (bicyclic) bond motifs is 2. The van der Waals surface area contributed by atoms with Crippen molar-refractivity contribution in [2.24, 2.45) is 11.8 Å². The van der Waals surface area contributed by atoms with Crippen LogP contribution < -0.4 is 4.90 Å². The minimum absolute atomic E-state index is 0.00172. The van der Waals surface area contributed by atoms with E-state index in [9.17, 15) is 14.7 Å². The lowest BCUT2D eigenvalue weighted by atomic mass is 10.1. The second-order valence-corrected chi connectivity index (χ2v) is 10.3. The highest BCUT2D eigenvalue weighted by Gasteiger charge is 2.54. The van der Waals surface area contributed by atoms with Crippen LogP contribution >= 0.6 is 0 Å². The van der Waals surface area contributed by atoms with Gasteiger partial charge in [0.25, 0.3) is 0 Å². The second-order valence-electron chi connectivity index (χ2n) is 10.3. The highest BCUT2D eigenvalue weighted by molar-refractivity contribution is 6.12. The Kier molecular flexibility index (Phi) is 4.95. The van der Waals surface area contributed by atoms with Gasteiger partial charge >= 0.3 is 12.2 Å². The van der Waals surface area contributed by atoms with Crippen molar-refractivity contribution in [1.29, 1.82) is 0 Å². The predicted molar refractivity (Wildman–Crippen MR) is 112 cm³/mol. The molecule has 2 fully saturated rings. The zero-order valence-corrected chi connectivity index (χ0v) is 18.7. The first-order chi connectivity index (χ1) is 14.4. The molecular weight excluding hydrogens is 402 g/mol. The van der Waals surface area contributed by atoms with Gasteiger partial charge in [-0.15, -0.1) is 0 Å². The number of aliphatic hydroxyl groups excluding tert-OH is 1. The van der Waals surface area contributed by atoms with E-state index in [0.29, 0.717) is 23.9 Å². The standard InChI is InChI=1S/C21H29N5O5/c1-20(2,3)30-18(28)26(19(29)31-21(4,5)6)17-15-16(22-9-23-17)25(10-24-15)13-8-14(27)12-7-11(12)13/h9-14,27H,7-8H2,1-6H3/t11-,12+,13-,14+/m1/s1. The summed E-state index contributed by atoms with van der Waals surface area (Å²) in [6.45, 7) is 10.2. The predicted octanol–water partition coefficient (Wildman–Crippen LogP) is 3.44. The Hall–Kier alpha value is -2.75. The lowest BCUT2D eigenvalue weighted by Crippen LogP contribution is -2.44. The fraction of sp³-hybridized carbons (Fsp3) is 0.667. The highest BCUT2D eigenvalue weighted by atomic mass is 16.6. The normalized spacial score (nSPS) is 25.3. The fourth-order valence-corrected chi connectivity index (χ4v) is 4.15. The Bertz CT molecular complexity index is 993. The molecule has 10 heteroatoms. The molecule has 168 valence electrons. The third-order valence-electron chi connectivity index (χ3n) is 5.42. The number of imide groups is 1. The molecule has 2 aliphatic rings. The molecule has 2 saturated carbocycles. The van der Waals surface area contributed by atoms with Crippen molar-refractivity contribution >= 4 is 29.2 Å². The molecule has 31 heavy (non-hydrogen) atoms. The van der Waals surface area contributed by atoms with Gasteiger partial charge in [0.15, 0.2) is 17.0 Å². The van der Waals surface area contributed by atoms with Crippen LogP contribution in [0, 0.1) is 11.8 Å².